The van der Waals surface area contributed by atoms with Gasteiger partial charge in [0.15, 0.2) is 5.69 Å². The summed E-state index contributed by atoms with van der Waals surface area (Å²) in [6, 6.07) is 3.86. The van der Waals surface area contributed by atoms with E-state index in [9.17, 15) is 31.2 Å². The van der Waals surface area contributed by atoms with E-state index < -0.39 is 33.2 Å². The molecule has 18 heteroatoms. The number of halogens is 5. The highest BCUT2D eigenvalue weighted by molar-refractivity contribution is 7.93. The number of alkyl halides is 3. The van der Waals surface area contributed by atoms with E-state index in [0.29, 0.717) is 31.6 Å². The van der Waals surface area contributed by atoms with Gasteiger partial charge in [0.1, 0.15) is 5.82 Å². The van der Waals surface area contributed by atoms with Crippen LogP contribution in [0.3, 0.4) is 0 Å². The molecule has 3 rings (SSSR count). The van der Waals surface area contributed by atoms with Gasteiger partial charge in [0.25, 0.3) is 0 Å². The zero-order valence-corrected chi connectivity index (χ0v) is 19.3. The van der Waals surface area contributed by atoms with Crippen LogP contribution >= 0.6 is 11.6 Å². The van der Waals surface area contributed by atoms with Crippen LogP contribution in [0.4, 0.5) is 29.1 Å². The summed E-state index contributed by atoms with van der Waals surface area (Å²) in [5, 5.41) is 29.3. The number of piperidine rings is 1. The summed E-state index contributed by atoms with van der Waals surface area (Å²) < 4.78 is 77.4. The van der Waals surface area contributed by atoms with Gasteiger partial charge in [0.2, 0.25) is 21.7 Å². The molecule has 4 N–H and O–H groups in total. The standard InChI is InChI=1S/C15H18ClFN6O4S.C2HF3O2/c1-23(9-2-3-12(17)11(16)8-9)15(19-24)13-14(21-27-20-13)22-28(25,26)10-4-6-18-7-5-10;3-2(4,5)1(6)7/h2-3,8,10,18,24H,4-7H2,1H3,(H,21,22);(H,6,7). The summed E-state index contributed by atoms with van der Waals surface area (Å²) in [6.45, 7) is 1.18. The van der Waals surface area contributed by atoms with Crippen LogP contribution in [-0.2, 0) is 14.8 Å². The molecular formula is C17H19ClF4N6O6S. The number of nitrogens with one attached hydrogen (secondary N) is 2. The maximum atomic E-state index is 13.4. The highest BCUT2D eigenvalue weighted by Gasteiger charge is 2.38. The van der Waals surface area contributed by atoms with Crippen LogP contribution in [0.2, 0.25) is 5.02 Å². The van der Waals surface area contributed by atoms with Crippen LogP contribution in [0.25, 0.3) is 0 Å². The quantitative estimate of drug-likeness (QED) is 0.143. The molecule has 35 heavy (non-hydrogen) atoms. The van der Waals surface area contributed by atoms with Crippen molar-refractivity contribution in [2.45, 2.75) is 24.3 Å². The van der Waals surface area contributed by atoms with Crippen molar-refractivity contribution in [3.63, 3.8) is 0 Å². The van der Waals surface area contributed by atoms with Gasteiger partial charge in [-0.3, -0.25) is 4.72 Å². The number of hydrogen-bond donors (Lipinski definition) is 4. The largest absolute Gasteiger partial charge is 0.490 e. The predicted molar refractivity (Wildman–Crippen MR) is 115 cm³/mol. The molecule has 0 bridgehead atoms. The molecule has 1 aromatic heterocycles. The van der Waals surface area contributed by atoms with E-state index in [4.69, 9.17) is 21.5 Å². The Balaban J connectivity index is 0.000000540. The fourth-order valence-electron chi connectivity index (χ4n) is 2.82. The van der Waals surface area contributed by atoms with Crippen molar-refractivity contribution < 1.29 is 45.7 Å². The van der Waals surface area contributed by atoms with Gasteiger partial charge in [0, 0.05) is 12.7 Å². The van der Waals surface area contributed by atoms with Crippen LogP contribution < -0.4 is 14.9 Å². The number of carboxylic acid groups (broad SMARTS) is 1. The Labute approximate surface area is 200 Å². The Kier molecular flexibility index (Phi) is 9.22. The lowest BCUT2D eigenvalue weighted by atomic mass is 10.2. The number of hydrogen-bond acceptors (Lipinski definition) is 9. The summed E-state index contributed by atoms with van der Waals surface area (Å²) >= 11 is 5.79. The number of aromatic nitrogens is 2. The first-order chi connectivity index (χ1) is 16.3. The Morgan fingerprint density at radius 3 is 2.43 bits per heavy atom. The molecule has 0 amide bonds. The molecule has 1 saturated heterocycles. The van der Waals surface area contributed by atoms with E-state index in [1.807, 2.05) is 0 Å². The molecule has 2 heterocycles. The second-order valence-corrected chi connectivity index (χ2v) is 9.31. The summed E-state index contributed by atoms with van der Waals surface area (Å²) in [4.78, 5) is 10.2. The van der Waals surface area contributed by atoms with Gasteiger partial charge in [0.05, 0.1) is 10.3 Å². The number of benzene rings is 1. The Bertz CT molecular complexity index is 1170. The second-order valence-electron chi connectivity index (χ2n) is 6.94. The van der Waals surface area contributed by atoms with Gasteiger partial charge in [-0.25, -0.2) is 22.2 Å². The molecule has 0 aliphatic carbocycles. The number of carbonyl (C=O) groups is 1. The van der Waals surface area contributed by atoms with Gasteiger partial charge in [-0.1, -0.05) is 16.8 Å². The third-order valence-electron chi connectivity index (χ3n) is 4.61. The number of rotatable bonds is 5. The molecule has 2 aromatic rings. The molecule has 0 atom stereocenters. The lowest BCUT2D eigenvalue weighted by Crippen LogP contribution is -2.39. The maximum absolute atomic E-state index is 13.4. The zero-order valence-electron chi connectivity index (χ0n) is 17.8. The second kappa shape index (κ2) is 11.5. The van der Waals surface area contributed by atoms with Crippen molar-refractivity contribution in [2.75, 3.05) is 29.8 Å². The lowest BCUT2D eigenvalue weighted by molar-refractivity contribution is -0.192. The summed E-state index contributed by atoms with van der Waals surface area (Å²) in [5.41, 5.74) is 0.234. The first-order valence-electron chi connectivity index (χ1n) is 9.54. The highest BCUT2D eigenvalue weighted by Crippen LogP contribution is 2.25. The van der Waals surface area contributed by atoms with Crippen molar-refractivity contribution in [2.24, 2.45) is 5.16 Å². The van der Waals surface area contributed by atoms with Crippen LogP contribution in [0.1, 0.15) is 18.5 Å². The molecule has 1 fully saturated rings. The highest BCUT2D eigenvalue weighted by atomic mass is 35.5. The first kappa shape index (κ1) is 28.1. The van der Waals surface area contributed by atoms with Gasteiger partial charge >= 0.3 is 12.1 Å². The fraction of sp³-hybridized carbons (Fsp3) is 0.412. The number of anilines is 2. The van der Waals surface area contributed by atoms with E-state index in [1.165, 1.54) is 24.1 Å². The van der Waals surface area contributed by atoms with Crippen LogP contribution in [0.15, 0.2) is 28.0 Å². The minimum atomic E-state index is -5.08. The first-order valence-corrected chi connectivity index (χ1v) is 11.5. The Morgan fingerprint density at radius 1 is 1.31 bits per heavy atom. The van der Waals surface area contributed by atoms with E-state index >= 15 is 0 Å². The number of nitrogens with zero attached hydrogens (tertiary/aromatic N) is 4. The zero-order chi connectivity index (χ0) is 26.4. The van der Waals surface area contributed by atoms with E-state index in [1.54, 1.807) is 0 Å². The normalized spacial score (nSPS) is 15.2. The summed E-state index contributed by atoms with van der Waals surface area (Å²) in [6.07, 6.45) is -4.18. The van der Waals surface area contributed by atoms with Gasteiger partial charge < -0.3 is 20.5 Å². The topological polar surface area (TPSA) is 170 Å². The number of sulfonamides is 1. The van der Waals surface area contributed by atoms with Crippen LogP contribution in [0.5, 0.6) is 0 Å². The molecule has 194 valence electrons. The van der Waals surface area contributed by atoms with Gasteiger partial charge in [-0.05, 0) is 54.4 Å². The van der Waals surface area contributed by atoms with Gasteiger partial charge in [-0.15, -0.1) is 0 Å². The summed E-state index contributed by atoms with van der Waals surface area (Å²) in [7, 11) is -2.25. The average Bonchev–Trinajstić information content (AvgIpc) is 3.23. The molecule has 0 radical (unpaired) electrons. The SMILES string of the molecule is CN(C(=NO)c1nonc1NS(=O)(=O)C1CCNCC1)c1ccc(F)c(Cl)c1.O=C(O)C(F)(F)F. The van der Waals surface area contributed by atoms with Crippen LogP contribution in [-0.4, -0.2) is 72.4 Å². The van der Waals surface area contributed by atoms with Crippen molar-refractivity contribution in [3.8, 4) is 0 Å². The molecule has 0 spiro atoms. The third-order valence-corrected chi connectivity index (χ3v) is 6.73. The van der Waals surface area contributed by atoms with E-state index in [-0.39, 0.29) is 22.4 Å². The minimum Gasteiger partial charge on any atom is -0.475 e. The lowest BCUT2D eigenvalue weighted by Gasteiger charge is -2.23. The number of aliphatic carboxylic acids is 1. The van der Waals surface area contributed by atoms with Crippen molar-refractivity contribution in [1.29, 1.82) is 0 Å². The van der Waals surface area contributed by atoms with Crippen molar-refractivity contribution in [3.05, 3.63) is 34.7 Å². The predicted octanol–water partition coefficient (Wildman–Crippen LogP) is 2.26. The van der Waals surface area contributed by atoms with Crippen LogP contribution in [0, 0.1) is 5.82 Å². The summed E-state index contributed by atoms with van der Waals surface area (Å²) in [5.74, 6) is -3.76. The van der Waals surface area contributed by atoms with E-state index in [2.05, 4.69) is 30.1 Å². The number of amidine groups is 1. The third kappa shape index (κ3) is 7.40. The molecule has 0 saturated carbocycles. The van der Waals surface area contributed by atoms with Gasteiger partial charge in [-0.2, -0.15) is 13.2 Å². The van der Waals surface area contributed by atoms with E-state index in [0.717, 1.165) is 6.07 Å². The average molecular weight is 547 g/mol. The number of oxime groups is 1. The van der Waals surface area contributed by atoms with Crippen molar-refractivity contribution >= 4 is 44.9 Å². The smallest absolute Gasteiger partial charge is 0.475 e. The molecule has 1 aromatic carbocycles. The number of carboxylic acids is 1. The molecule has 1 aliphatic rings. The monoisotopic (exact) mass is 546 g/mol. The minimum absolute atomic E-state index is 0.133. The fourth-order valence-corrected chi connectivity index (χ4v) is 4.42. The molecule has 1 aliphatic heterocycles. The molecular weight excluding hydrogens is 528 g/mol. The Hall–Kier alpha value is -3.18. The molecule has 12 nitrogen and oxygen atoms in total. The van der Waals surface area contributed by atoms with Crippen molar-refractivity contribution in [1.82, 2.24) is 15.6 Å². The Morgan fingerprint density at radius 2 is 1.91 bits per heavy atom. The maximum Gasteiger partial charge on any atom is 0.490 e. The molecule has 0 unspecified atom stereocenters.